The molecule has 2 aromatic rings. The van der Waals surface area contributed by atoms with E-state index in [9.17, 15) is 9.59 Å². The van der Waals surface area contributed by atoms with E-state index in [2.05, 4.69) is 5.32 Å². The van der Waals surface area contributed by atoms with Gasteiger partial charge in [-0.05, 0) is 42.3 Å². The second-order valence-electron chi connectivity index (χ2n) is 5.38. The Morgan fingerprint density at radius 1 is 1.08 bits per heavy atom. The lowest BCUT2D eigenvalue weighted by atomic mass is 10.1. The van der Waals surface area contributed by atoms with Crippen LogP contribution < -0.4 is 14.8 Å². The Hall–Kier alpha value is -3.02. The van der Waals surface area contributed by atoms with Gasteiger partial charge in [0, 0.05) is 6.54 Å². The van der Waals surface area contributed by atoms with Crippen LogP contribution in [0, 0.1) is 0 Å². The number of nitrogens with one attached hydrogen (secondary N) is 1. The molecule has 0 spiro atoms. The molecule has 0 fully saturated rings. The van der Waals surface area contributed by atoms with E-state index < -0.39 is 5.97 Å². The standard InChI is InChI=1S/C19H21NO5/c1-3-25-16-8-7-14(10-17(16)24-2)12-20-18(21)11-13-5-4-6-15(9-13)19(22)23/h4-10H,3,11-12H2,1-2H3,(H,20,21)(H,22,23). The van der Waals surface area contributed by atoms with Crippen molar-refractivity contribution >= 4 is 11.9 Å². The van der Waals surface area contributed by atoms with E-state index in [-0.39, 0.29) is 17.9 Å². The summed E-state index contributed by atoms with van der Waals surface area (Å²) in [5.41, 5.74) is 1.70. The number of benzene rings is 2. The van der Waals surface area contributed by atoms with Gasteiger partial charge >= 0.3 is 5.97 Å². The van der Waals surface area contributed by atoms with E-state index in [1.165, 1.54) is 12.1 Å². The lowest BCUT2D eigenvalue weighted by Gasteiger charge is -2.11. The van der Waals surface area contributed by atoms with Gasteiger partial charge in [0.25, 0.3) is 0 Å². The fourth-order valence-corrected chi connectivity index (χ4v) is 2.36. The average Bonchev–Trinajstić information content (AvgIpc) is 2.61. The summed E-state index contributed by atoms with van der Waals surface area (Å²) in [4.78, 5) is 23.0. The molecule has 0 saturated carbocycles. The number of methoxy groups -OCH3 is 1. The van der Waals surface area contributed by atoms with E-state index in [4.69, 9.17) is 14.6 Å². The van der Waals surface area contributed by atoms with Gasteiger partial charge in [0.1, 0.15) is 0 Å². The lowest BCUT2D eigenvalue weighted by Crippen LogP contribution is -2.24. The summed E-state index contributed by atoms with van der Waals surface area (Å²) in [7, 11) is 1.57. The van der Waals surface area contributed by atoms with Crippen LogP contribution in [0.5, 0.6) is 11.5 Å². The molecule has 25 heavy (non-hydrogen) atoms. The van der Waals surface area contributed by atoms with Gasteiger partial charge in [0.15, 0.2) is 11.5 Å². The summed E-state index contributed by atoms with van der Waals surface area (Å²) in [5, 5.41) is 11.8. The fraction of sp³-hybridized carbons (Fsp3) is 0.263. The van der Waals surface area contributed by atoms with Crippen molar-refractivity contribution in [3.63, 3.8) is 0 Å². The number of rotatable bonds is 8. The van der Waals surface area contributed by atoms with Gasteiger partial charge in [0.2, 0.25) is 5.91 Å². The third-order valence-electron chi connectivity index (χ3n) is 3.56. The molecule has 0 aromatic heterocycles. The Bertz CT molecular complexity index is 757. The number of amides is 1. The summed E-state index contributed by atoms with van der Waals surface area (Å²) >= 11 is 0. The molecular formula is C19H21NO5. The van der Waals surface area contributed by atoms with Crippen LogP contribution >= 0.6 is 0 Å². The molecule has 6 heteroatoms. The number of carbonyl (C=O) groups excluding carboxylic acids is 1. The quantitative estimate of drug-likeness (QED) is 0.770. The Morgan fingerprint density at radius 3 is 2.56 bits per heavy atom. The summed E-state index contributed by atoms with van der Waals surface area (Å²) in [6.45, 7) is 2.79. The topological polar surface area (TPSA) is 84.9 Å². The number of carboxylic acids is 1. The lowest BCUT2D eigenvalue weighted by molar-refractivity contribution is -0.120. The van der Waals surface area contributed by atoms with Gasteiger partial charge < -0.3 is 19.9 Å². The van der Waals surface area contributed by atoms with Gasteiger partial charge in [-0.2, -0.15) is 0 Å². The van der Waals surface area contributed by atoms with Crippen LogP contribution in [-0.4, -0.2) is 30.7 Å². The van der Waals surface area contributed by atoms with Gasteiger partial charge in [-0.1, -0.05) is 18.2 Å². The molecule has 0 bridgehead atoms. The van der Waals surface area contributed by atoms with Crippen LogP contribution in [0.1, 0.15) is 28.4 Å². The molecule has 0 heterocycles. The van der Waals surface area contributed by atoms with Gasteiger partial charge in [-0.25, -0.2) is 4.79 Å². The molecular weight excluding hydrogens is 322 g/mol. The van der Waals surface area contributed by atoms with E-state index in [1.54, 1.807) is 25.3 Å². The number of hydrogen-bond acceptors (Lipinski definition) is 4. The van der Waals surface area contributed by atoms with E-state index in [1.807, 2.05) is 19.1 Å². The minimum Gasteiger partial charge on any atom is -0.493 e. The van der Waals surface area contributed by atoms with Crippen molar-refractivity contribution in [3.8, 4) is 11.5 Å². The summed E-state index contributed by atoms with van der Waals surface area (Å²) < 4.78 is 10.7. The van der Waals surface area contributed by atoms with Crippen molar-refractivity contribution in [3.05, 3.63) is 59.2 Å². The highest BCUT2D eigenvalue weighted by Crippen LogP contribution is 2.27. The summed E-state index contributed by atoms with van der Waals surface area (Å²) in [6, 6.07) is 11.8. The number of carboxylic acid groups (broad SMARTS) is 1. The first-order chi connectivity index (χ1) is 12.0. The predicted molar refractivity (Wildman–Crippen MR) is 93.1 cm³/mol. The highest BCUT2D eigenvalue weighted by molar-refractivity contribution is 5.88. The third-order valence-corrected chi connectivity index (χ3v) is 3.56. The molecule has 0 aliphatic carbocycles. The van der Waals surface area contributed by atoms with Crippen LogP contribution in [0.25, 0.3) is 0 Å². The van der Waals surface area contributed by atoms with Gasteiger partial charge in [-0.15, -0.1) is 0 Å². The summed E-state index contributed by atoms with van der Waals surface area (Å²) in [5.74, 6) is 0.0763. The monoisotopic (exact) mass is 343 g/mol. The number of aromatic carboxylic acids is 1. The maximum atomic E-state index is 12.1. The molecule has 2 aromatic carbocycles. The van der Waals surface area contributed by atoms with Crippen molar-refractivity contribution in [2.24, 2.45) is 0 Å². The van der Waals surface area contributed by atoms with Crippen molar-refractivity contribution in [1.29, 1.82) is 0 Å². The second-order valence-corrected chi connectivity index (χ2v) is 5.38. The van der Waals surface area contributed by atoms with Crippen molar-refractivity contribution in [2.75, 3.05) is 13.7 Å². The van der Waals surface area contributed by atoms with Crippen LogP contribution in [0.15, 0.2) is 42.5 Å². The Balaban J connectivity index is 1.95. The van der Waals surface area contributed by atoms with Crippen LogP contribution in [-0.2, 0) is 17.8 Å². The average molecular weight is 343 g/mol. The minimum atomic E-state index is -1.01. The van der Waals surface area contributed by atoms with E-state index >= 15 is 0 Å². The zero-order chi connectivity index (χ0) is 18.2. The molecule has 0 radical (unpaired) electrons. The molecule has 2 N–H and O–H groups in total. The SMILES string of the molecule is CCOc1ccc(CNC(=O)Cc2cccc(C(=O)O)c2)cc1OC. The molecule has 132 valence electrons. The van der Waals surface area contributed by atoms with Crippen LogP contribution in [0.3, 0.4) is 0 Å². The van der Waals surface area contributed by atoms with E-state index in [0.29, 0.717) is 30.2 Å². The largest absolute Gasteiger partial charge is 0.493 e. The maximum absolute atomic E-state index is 12.1. The molecule has 0 aliphatic rings. The first-order valence-corrected chi connectivity index (χ1v) is 7.92. The Kier molecular flexibility index (Phi) is 6.39. The minimum absolute atomic E-state index is 0.120. The Labute approximate surface area is 146 Å². The molecule has 0 unspecified atom stereocenters. The first-order valence-electron chi connectivity index (χ1n) is 7.92. The number of hydrogen-bond donors (Lipinski definition) is 2. The first kappa shape index (κ1) is 18.3. The smallest absolute Gasteiger partial charge is 0.335 e. The molecule has 6 nitrogen and oxygen atoms in total. The fourth-order valence-electron chi connectivity index (χ4n) is 2.36. The van der Waals surface area contributed by atoms with Crippen LogP contribution in [0.4, 0.5) is 0 Å². The van der Waals surface area contributed by atoms with Gasteiger partial charge in [-0.3, -0.25) is 4.79 Å². The normalized spacial score (nSPS) is 10.2. The van der Waals surface area contributed by atoms with E-state index in [0.717, 1.165) is 5.56 Å². The van der Waals surface area contributed by atoms with Crippen molar-refractivity contribution in [2.45, 2.75) is 19.9 Å². The molecule has 1 amide bonds. The third kappa shape index (κ3) is 5.24. The Morgan fingerprint density at radius 2 is 1.88 bits per heavy atom. The predicted octanol–water partition coefficient (Wildman–Crippen LogP) is 2.65. The molecule has 0 saturated heterocycles. The molecule has 0 aliphatic heterocycles. The zero-order valence-corrected chi connectivity index (χ0v) is 14.2. The maximum Gasteiger partial charge on any atom is 0.335 e. The van der Waals surface area contributed by atoms with Gasteiger partial charge in [0.05, 0.1) is 25.7 Å². The highest BCUT2D eigenvalue weighted by atomic mass is 16.5. The van der Waals surface area contributed by atoms with Crippen LogP contribution in [0.2, 0.25) is 0 Å². The van der Waals surface area contributed by atoms with Crippen molar-refractivity contribution in [1.82, 2.24) is 5.32 Å². The van der Waals surface area contributed by atoms with Crippen molar-refractivity contribution < 1.29 is 24.2 Å². The molecule has 2 rings (SSSR count). The number of carbonyl (C=O) groups is 2. The molecule has 0 atom stereocenters. The zero-order valence-electron chi connectivity index (χ0n) is 14.2. The summed E-state index contributed by atoms with van der Waals surface area (Å²) in [6.07, 6.45) is 0.120. The second kappa shape index (κ2) is 8.73. The highest BCUT2D eigenvalue weighted by Gasteiger charge is 2.09. The number of ether oxygens (including phenoxy) is 2.